The molecular weight excluding hydrogens is 305 g/mol. The van der Waals surface area contributed by atoms with Gasteiger partial charge in [0.1, 0.15) is 0 Å². The molecule has 0 N–H and O–H groups in total. The molecule has 2 aromatic rings. The number of pyridine rings is 1. The van der Waals surface area contributed by atoms with Gasteiger partial charge in [-0.15, -0.1) is 0 Å². The van der Waals surface area contributed by atoms with Crippen LogP contribution in [0.25, 0.3) is 11.3 Å². The van der Waals surface area contributed by atoms with Crippen LogP contribution in [0.4, 0.5) is 22.0 Å². The highest BCUT2D eigenvalue weighted by atomic mass is 35.5. The Bertz CT molecular complexity index is 690. The van der Waals surface area contributed by atoms with E-state index in [1.54, 1.807) is 0 Å². The van der Waals surface area contributed by atoms with Gasteiger partial charge in [0.25, 0.3) is 0 Å². The molecule has 1 heterocycles. The van der Waals surface area contributed by atoms with Crippen LogP contribution in [0.2, 0.25) is 5.02 Å². The van der Waals surface area contributed by atoms with Crippen molar-refractivity contribution in [2.24, 2.45) is 0 Å². The van der Waals surface area contributed by atoms with Crippen LogP contribution in [0, 0.1) is 29.1 Å². The number of benzene rings is 1. The lowest BCUT2D eigenvalue weighted by Gasteiger charge is -2.09. The Balaban J connectivity index is 2.80. The van der Waals surface area contributed by atoms with E-state index in [1.807, 2.05) is 0 Å². The van der Waals surface area contributed by atoms with Crippen LogP contribution in [0.3, 0.4) is 0 Å². The first-order valence-corrected chi connectivity index (χ1v) is 5.38. The molecule has 104 valence electrons. The minimum absolute atomic E-state index is 0.0115. The highest BCUT2D eigenvalue weighted by Gasteiger charge is 2.28. The monoisotopic (exact) mass is 307 g/mol. The number of rotatable bonds is 2. The van der Waals surface area contributed by atoms with Crippen molar-refractivity contribution in [1.82, 2.24) is 4.98 Å². The predicted molar refractivity (Wildman–Crippen MR) is 59.9 cm³/mol. The summed E-state index contributed by atoms with van der Waals surface area (Å²) < 4.78 is 66.2. The number of carbonyl (C=O) groups is 1. The molecule has 1 aromatic carbocycles. The fourth-order valence-electron chi connectivity index (χ4n) is 1.51. The molecule has 0 radical (unpaired) electrons. The van der Waals surface area contributed by atoms with Gasteiger partial charge in [0.2, 0.25) is 5.82 Å². The fourth-order valence-corrected chi connectivity index (χ4v) is 1.78. The summed E-state index contributed by atoms with van der Waals surface area (Å²) in [6.07, 6.45) is 1.26. The molecule has 0 aliphatic carbocycles. The fraction of sp³-hybridized carbons (Fsp3) is 0. The summed E-state index contributed by atoms with van der Waals surface area (Å²) in [6.45, 7) is 0. The zero-order valence-electron chi connectivity index (χ0n) is 9.36. The third-order valence-corrected chi connectivity index (χ3v) is 2.73. The SMILES string of the molecule is O=Cc1cnc(-c2c(F)c(F)c(F)c(F)c2F)c(Cl)c1. The van der Waals surface area contributed by atoms with Crippen LogP contribution in [-0.4, -0.2) is 11.3 Å². The molecule has 0 atom stereocenters. The highest BCUT2D eigenvalue weighted by molar-refractivity contribution is 6.33. The van der Waals surface area contributed by atoms with Crippen molar-refractivity contribution in [1.29, 1.82) is 0 Å². The molecule has 0 unspecified atom stereocenters. The molecule has 2 nitrogen and oxygen atoms in total. The first-order chi connectivity index (χ1) is 9.38. The molecule has 20 heavy (non-hydrogen) atoms. The number of aromatic nitrogens is 1. The van der Waals surface area contributed by atoms with Gasteiger partial charge >= 0.3 is 0 Å². The van der Waals surface area contributed by atoms with Gasteiger partial charge in [-0.3, -0.25) is 9.78 Å². The molecular formula is C12H3ClF5NO. The summed E-state index contributed by atoms with van der Waals surface area (Å²) in [5.41, 5.74) is -1.91. The number of hydrogen-bond donors (Lipinski definition) is 0. The first kappa shape index (κ1) is 14.4. The molecule has 8 heteroatoms. The van der Waals surface area contributed by atoms with Gasteiger partial charge in [-0.25, -0.2) is 22.0 Å². The smallest absolute Gasteiger partial charge is 0.200 e. The van der Waals surface area contributed by atoms with Crippen LogP contribution >= 0.6 is 11.6 Å². The molecule has 0 aliphatic heterocycles. The zero-order chi connectivity index (χ0) is 15.0. The minimum atomic E-state index is -2.27. The maximum absolute atomic E-state index is 13.6. The van der Waals surface area contributed by atoms with E-state index >= 15 is 0 Å². The van der Waals surface area contributed by atoms with Crippen LogP contribution in [0.5, 0.6) is 0 Å². The van der Waals surface area contributed by atoms with E-state index in [1.165, 1.54) is 0 Å². The van der Waals surface area contributed by atoms with E-state index in [2.05, 4.69) is 4.98 Å². The van der Waals surface area contributed by atoms with Crippen molar-refractivity contribution in [3.05, 3.63) is 51.9 Å². The second-order valence-electron chi connectivity index (χ2n) is 3.66. The molecule has 0 saturated heterocycles. The van der Waals surface area contributed by atoms with Gasteiger partial charge in [-0.2, -0.15) is 0 Å². The maximum atomic E-state index is 13.6. The number of carbonyl (C=O) groups excluding carboxylic acids is 1. The summed E-state index contributed by atoms with van der Waals surface area (Å²) in [5.74, 6) is -10.6. The van der Waals surface area contributed by atoms with Crippen molar-refractivity contribution in [3.8, 4) is 11.3 Å². The maximum Gasteiger partial charge on any atom is 0.200 e. The number of aldehydes is 1. The van der Waals surface area contributed by atoms with E-state index in [-0.39, 0.29) is 5.56 Å². The molecule has 0 amide bonds. The van der Waals surface area contributed by atoms with Gasteiger partial charge in [-0.1, -0.05) is 11.6 Å². The standard InChI is InChI=1S/C12H3ClF5NO/c13-5-1-4(3-20)2-19-12(5)6-7(14)9(16)11(18)10(17)8(6)15/h1-3H. The average molecular weight is 308 g/mol. The van der Waals surface area contributed by atoms with Crippen molar-refractivity contribution in [2.75, 3.05) is 0 Å². The van der Waals surface area contributed by atoms with Crippen LogP contribution in [0.1, 0.15) is 10.4 Å². The lowest BCUT2D eigenvalue weighted by molar-refractivity contribution is 0.112. The zero-order valence-corrected chi connectivity index (χ0v) is 10.1. The van der Waals surface area contributed by atoms with Crippen LogP contribution in [-0.2, 0) is 0 Å². The molecule has 0 aliphatic rings. The van der Waals surface area contributed by atoms with E-state index in [9.17, 15) is 26.7 Å². The van der Waals surface area contributed by atoms with Crippen molar-refractivity contribution in [3.63, 3.8) is 0 Å². The Labute approximate surface area is 113 Å². The molecule has 0 spiro atoms. The van der Waals surface area contributed by atoms with Gasteiger partial charge < -0.3 is 0 Å². The predicted octanol–water partition coefficient (Wildman–Crippen LogP) is 3.91. The lowest BCUT2D eigenvalue weighted by atomic mass is 10.1. The van der Waals surface area contributed by atoms with Crippen molar-refractivity contribution in [2.45, 2.75) is 0 Å². The molecule has 0 bridgehead atoms. The van der Waals surface area contributed by atoms with E-state index < -0.39 is 45.4 Å². The van der Waals surface area contributed by atoms with E-state index in [4.69, 9.17) is 11.6 Å². The van der Waals surface area contributed by atoms with Crippen molar-refractivity contribution >= 4 is 17.9 Å². The Morgan fingerprint density at radius 1 is 0.950 bits per heavy atom. The van der Waals surface area contributed by atoms with Gasteiger partial charge in [-0.05, 0) is 6.07 Å². The summed E-state index contributed by atoms with van der Waals surface area (Å²) in [4.78, 5) is 13.9. The largest absolute Gasteiger partial charge is 0.298 e. The molecule has 0 saturated carbocycles. The lowest BCUT2D eigenvalue weighted by Crippen LogP contribution is -2.05. The first-order valence-electron chi connectivity index (χ1n) is 5.01. The second kappa shape index (κ2) is 5.16. The second-order valence-corrected chi connectivity index (χ2v) is 4.07. The average Bonchev–Trinajstić information content (AvgIpc) is 2.44. The quantitative estimate of drug-likeness (QED) is 0.364. The Kier molecular flexibility index (Phi) is 3.71. The van der Waals surface area contributed by atoms with E-state index in [0.717, 1.165) is 12.3 Å². The molecule has 1 aromatic heterocycles. The Hall–Kier alpha value is -2.02. The van der Waals surface area contributed by atoms with Crippen LogP contribution < -0.4 is 0 Å². The third kappa shape index (κ3) is 2.14. The topological polar surface area (TPSA) is 30.0 Å². The van der Waals surface area contributed by atoms with E-state index in [0.29, 0.717) is 6.29 Å². The molecule has 0 fully saturated rings. The molecule has 2 rings (SSSR count). The number of hydrogen-bond acceptors (Lipinski definition) is 2. The minimum Gasteiger partial charge on any atom is -0.298 e. The Morgan fingerprint density at radius 2 is 1.45 bits per heavy atom. The number of nitrogens with zero attached hydrogens (tertiary/aromatic N) is 1. The van der Waals surface area contributed by atoms with Crippen molar-refractivity contribution < 1.29 is 26.7 Å². The Morgan fingerprint density at radius 3 is 1.90 bits per heavy atom. The van der Waals surface area contributed by atoms with Crippen LogP contribution in [0.15, 0.2) is 12.3 Å². The van der Waals surface area contributed by atoms with Gasteiger partial charge in [0.15, 0.2) is 29.6 Å². The summed E-state index contributed by atoms with van der Waals surface area (Å²) in [5, 5.41) is -0.419. The third-order valence-electron chi connectivity index (χ3n) is 2.45. The summed E-state index contributed by atoms with van der Waals surface area (Å²) in [6, 6.07) is 0.995. The van der Waals surface area contributed by atoms with Gasteiger partial charge in [0.05, 0.1) is 16.3 Å². The number of halogens is 6. The van der Waals surface area contributed by atoms with Gasteiger partial charge in [0, 0.05) is 11.8 Å². The highest BCUT2D eigenvalue weighted by Crippen LogP contribution is 2.34. The summed E-state index contributed by atoms with van der Waals surface area (Å²) in [7, 11) is 0. The normalized spacial score (nSPS) is 10.7. The summed E-state index contributed by atoms with van der Waals surface area (Å²) >= 11 is 5.64.